The lowest BCUT2D eigenvalue weighted by molar-refractivity contribution is -0.143. The van der Waals surface area contributed by atoms with Crippen LogP contribution in [0.1, 0.15) is 232 Å². The minimum Gasteiger partial charge on any atom is -0.466 e. The van der Waals surface area contributed by atoms with E-state index in [2.05, 4.69) is 43.5 Å². The van der Waals surface area contributed by atoms with Crippen LogP contribution in [0, 0.1) is 0 Å². The molecule has 0 saturated heterocycles. The first-order valence-electron chi connectivity index (χ1n) is 22.6. The predicted molar refractivity (Wildman–Crippen MR) is 223 cm³/mol. The van der Waals surface area contributed by atoms with E-state index in [4.69, 9.17) is 4.74 Å². The van der Waals surface area contributed by atoms with E-state index in [-0.39, 0.29) is 18.5 Å². The van der Waals surface area contributed by atoms with Crippen LogP contribution in [-0.4, -0.2) is 47.4 Å². The average molecular weight is 734 g/mol. The second-order valence-electron chi connectivity index (χ2n) is 15.4. The van der Waals surface area contributed by atoms with Gasteiger partial charge in [0.25, 0.3) is 0 Å². The smallest absolute Gasteiger partial charge is 0.305 e. The summed E-state index contributed by atoms with van der Waals surface area (Å²) in [6.07, 6.45) is 47.0. The number of esters is 1. The molecule has 2 unspecified atom stereocenters. The molecule has 52 heavy (non-hydrogen) atoms. The maximum absolute atomic E-state index is 12.4. The van der Waals surface area contributed by atoms with Crippen molar-refractivity contribution in [2.45, 2.75) is 244 Å². The minimum atomic E-state index is -0.674. The highest BCUT2D eigenvalue weighted by Gasteiger charge is 2.20. The molecule has 6 heteroatoms. The van der Waals surface area contributed by atoms with Gasteiger partial charge in [0, 0.05) is 12.8 Å². The lowest BCUT2D eigenvalue weighted by Gasteiger charge is -2.22. The Balaban J connectivity index is 3.47. The summed E-state index contributed by atoms with van der Waals surface area (Å²) in [6, 6.07) is -0.553. The summed E-state index contributed by atoms with van der Waals surface area (Å²) in [4.78, 5) is 24.4. The van der Waals surface area contributed by atoms with Crippen molar-refractivity contribution in [3.63, 3.8) is 0 Å². The lowest BCUT2D eigenvalue weighted by Crippen LogP contribution is -2.45. The summed E-state index contributed by atoms with van der Waals surface area (Å²) in [5, 5.41) is 23.0. The van der Waals surface area contributed by atoms with Crippen molar-refractivity contribution in [3.05, 3.63) is 24.3 Å². The summed E-state index contributed by atoms with van der Waals surface area (Å²) < 4.78 is 5.44. The third kappa shape index (κ3) is 38.1. The molecule has 0 heterocycles. The summed E-state index contributed by atoms with van der Waals surface area (Å²) in [5.41, 5.74) is 0. The molecule has 6 nitrogen and oxygen atoms in total. The molecule has 0 aromatic carbocycles. The van der Waals surface area contributed by atoms with Crippen LogP contribution in [0.3, 0.4) is 0 Å². The first kappa shape index (κ1) is 50.3. The van der Waals surface area contributed by atoms with Gasteiger partial charge in [-0.1, -0.05) is 186 Å². The van der Waals surface area contributed by atoms with Crippen LogP contribution >= 0.6 is 0 Å². The molecule has 0 fully saturated rings. The average Bonchev–Trinajstić information content (AvgIpc) is 3.14. The fraction of sp³-hybridized carbons (Fsp3) is 0.870. The molecule has 0 spiro atoms. The predicted octanol–water partition coefficient (Wildman–Crippen LogP) is 12.8. The van der Waals surface area contributed by atoms with E-state index < -0.39 is 12.1 Å². The fourth-order valence-corrected chi connectivity index (χ4v) is 6.73. The van der Waals surface area contributed by atoms with Gasteiger partial charge in [0.2, 0.25) is 5.91 Å². The van der Waals surface area contributed by atoms with Gasteiger partial charge in [-0.25, -0.2) is 0 Å². The molecular formula is C46H87NO5. The third-order valence-corrected chi connectivity index (χ3v) is 10.3. The number of amides is 1. The number of unbranched alkanes of at least 4 members (excludes halogenated alkanes) is 26. The molecule has 0 bridgehead atoms. The number of aliphatic hydroxyl groups is 2. The molecule has 306 valence electrons. The number of hydrogen-bond acceptors (Lipinski definition) is 5. The van der Waals surface area contributed by atoms with E-state index in [1.54, 1.807) is 0 Å². The van der Waals surface area contributed by atoms with E-state index in [0.717, 1.165) is 70.6 Å². The van der Waals surface area contributed by atoms with Crippen molar-refractivity contribution in [1.82, 2.24) is 5.32 Å². The topological polar surface area (TPSA) is 95.9 Å². The molecule has 1 amide bonds. The molecule has 3 N–H and O–H groups in total. The van der Waals surface area contributed by atoms with E-state index in [1.165, 1.54) is 128 Å². The highest BCUT2D eigenvalue weighted by atomic mass is 16.5. The van der Waals surface area contributed by atoms with Crippen LogP contribution in [0.5, 0.6) is 0 Å². The summed E-state index contributed by atoms with van der Waals surface area (Å²) in [6.45, 7) is 4.84. The van der Waals surface area contributed by atoms with Crippen LogP contribution in [0.15, 0.2) is 24.3 Å². The molecule has 2 atom stereocenters. The molecule has 0 radical (unpaired) electrons. The van der Waals surface area contributed by atoms with Gasteiger partial charge in [-0.15, -0.1) is 0 Å². The molecular weight excluding hydrogens is 647 g/mol. The van der Waals surface area contributed by atoms with Gasteiger partial charge in [0.15, 0.2) is 0 Å². The maximum Gasteiger partial charge on any atom is 0.305 e. The normalized spacial score (nSPS) is 12.9. The van der Waals surface area contributed by atoms with Crippen LogP contribution in [0.25, 0.3) is 0 Å². The van der Waals surface area contributed by atoms with Gasteiger partial charge < -0.3 is 20.3 Å². The highest BCUT2D eigenvalue weighted by molar-refractivity contribution is 5.76. The number of aliphatic hydroxyl groups excluding tert-OH is 2. The fourth-order valence-electron chi connectivity index (χ4n) is 6.73. The second kappa shape index (κ2) is 42.1. The molecule has 0 aromatic rings. The number of rotatable bonds is 41. The Bertz CT molecular complexity index is 813. The van der Waals surface area contributed by atoms with E-state index in [0.29, 0.717) is 25.9 Å². The molecule has 0 rings (SSSR count). The zero-order valence-electron chi connectivity index (χ0n) is 34.5. The van der Waals surface area contributed by atoms with Crippen molar-refractivity contribution in [2.24, 2.45) is 0 Å². The van der Waals surface area contributed by atoms with E-state index >= 15 is 0 Å². The van der Waals surface area contributed by atoms with Crippen molar-refractivity contribution < 1.29 is 24.5 Å². The largest absolute Gasteiger partial charge is 0.466 e. The van der Waals surface area contributed by atoms with Gasteiger partial charge >= 0.3 is 5.97 Å². The number of hydrogen-bond donors (Lipinski definition) is 3. The summed E-state index contributed by atoms with van der Waals surface area (Å²) in [5.74, 6) is -0.0871. The van der Waals surface area contributed by atoms with Crippen LogP contribution in [0.2, 0.25) is 0 Å². The Morgan fingerprint density at radius 2 is 0.962 bits per heavy atom. The second-order valence-corrected chi connectivity index (χ2v) is 15.4. The van der Waals surface area contributed by atoms with Crippen LogP contribution in [0.4, 0.5) is 0 Å². The number of ether oxygens (including phenoxy) is 1. The van der Waals surface area contributed by atoms with Crippen molar-refractivity contribution >= 4 is 11.9 Å². The first-order valence-corrected chi connectivity index (χ1v) is 22.6. The number of carbonyl (C=O) groups is 2. The molecule has 0 aromatic heterocycles. The quantitative estimate of drug-likeness (QED) is 0.0330. The van der Waals surface area contributed by atoms with Gasteiger partial charge in [0.05, 0.1) is 25.4 Å². The van der Waals surface area contributed by atoms with Gasteiger partial charge in [-0.05, 0) is 57.8 Å². The van der Waals surface area contributed by atoms with Crippen molar-refractivity contribution in [2.75, 3.05) is 13.2 Å². The Morgan fingerprint density at radius 3 is 1.50 bits per heavy atom. The third-order valence-electron chi connectivity index (χ3n) is 10.3. The summed E-state index contributed by atoms with van der Waals surface area (Å²) >= 11 is 0. The Morgan fingerprint density at radius 1 is 0.538 bits per heavy atom. The van der Waals surface area contributed by atoms with Crippen LogP contribution in [-0.2, 0) is 14.3 Å². The first-order chi connectivity index (χ1) is 25.5. The molecule has 0 aliphatic rings. The summed E-state index contributed by atoms with van der Waals surface area (Å²) in [7, 11) is 0. The molecule has 0 aliphatic heterocycles. The van der Waals surface area contributed by atoms with E-state index in [1.807, 2.05) is 0 Å². The van der Waals surface area contributed by atoms with Crippen molar-refractivity contribution in [1.29, 1.82) is 0 Å². The number of nitrogens with one attached hydrogen (secondary N) is 1. The Labute approximate surface area is 322 Å². The van der Waals surface area contributed by atoms with Crippen LogP contribution < -0.4 is 5.32 Å². The zero-order valence-corrected chi connectivity index (χ0v) is 34.5. The highest BCUT2D eigenvalue weighted by Crippen LogP contribution is 2.15. The SMILES string of the molecule is CCCCC/C=C\C/C=C\CCCCCCCC(=O)OCCCCCCCCCCCCCC(=O)NC(CO)C(O)CCCCCCCCCCC. The zero-order chi connectivity index (χ0) is 38.0. The standard InChI is InChI=1S/C46H87NO5/c1-3-5-7-9-11-13-14-15-16-17-20-24-28-32-36-40-46(51)52-41-37-33-29-25-21-18-19-23-27-31-35-39-45(50)47-43(42-48)44(49)38-34-30-26-22-12-10-8-6-4-2/h11,13,15-16,43-44,48-49H,3-10,12,14,17-42H2,1-2H3,(H,47,50)/b13-11-,16-15-. The maximum atomic E-state index is 12.4. The van der Waals surface area contributed by atoms with Gasteiger partial charge in [-0.2, -0.15) is 0 Å². The Kier molecular flexibility index (Phi) is 40.7. The Hall–Kier alpha value is -1.66. The minimum absolute atomic E-state index is 0.0287. The van der Waals surface area contributed by atoms with Crippen molar-refractivity contribution in [3.8, 4) is 0 Å². The number of allylic oxidation sites excluding steroid dienone is 4. The molecule has 0 saturated carbocycles. The van der Waals surface area contributed by atoms with Gasteiger partial charge in [-0.3, -0.25) is 9.59 Å². The lowest BCUT2D eigenvalue weighted by atomic mass is 10.0. The van der Waals surface area contributed by atoms with E-state index in [9.17, 15) is 19.8 Å². The number of carbonyl (C=O) groups excluding carboxylic acids is 2. The molecule has 0 aliphatic carbocycles. The van der Waals surface area contributed by atoms with Gasteiger partial charge in [0.1, 0.15) is 0 Å². The monoisotopic (exact) mass is 734 g/mol.